The van der Waals surface area contributed by atoms with Gasteiger partial charge in [-0.2, -0.15) is 5.10 Å². The molecule has 3 heterocycles. The van der Waals surface area contributed by atoms with Crippen molar-refractivity contribution in [1.29, 1.82) is 0 Å². The van der Waals surface area contributed by atoms with Crippen LogP contribution in [0.3, 0.4) is 0 Å². The van der Waals surface area contributed by atoms with Gasteiger partial charge in [0.1, 0.15) is 0 Å². The normalized spacial score (nSPS) is 21.8. The predicted octanol–water partition coefficient (Wildman–Crippen LogP) is 3.04. The van der Waals surface area contributed by atoms with Gasteiger partial charge in [-0.3, -0.25) is 9.59 Å². The highest BCUT2D eigenvalue weighted by Gasteiger charge is 2.39. The molecule has 0 aliphatic carbocycles. The summed E-state index contributed by atoms with van der Waals surface area (Å²) in [6.07, 6.45) is 3.89. The van der Waals surface area contributed by atoms with Crippen molar-refractivity contribution < 1.29 is 14.7 Å². The van der Waals surface area contributed by atoms with Crippen LogP contribution in [0.25, 0.3) is 11.0 Å². The Hall–Kier alpha value is -2.44. The summed E-state index contributed by atoms with van der Waals surface area (Å²) in [5.74, 6) is -0.993. The van der Waals surface area contributed by atoms with Gasteiger partial charge in [0.25, 0.3) is 5.91 Å². The molecular weight excluding hydrogens is 332 g/mol. The number of aliphatic carboxylic acids is 1. The molecule has 0 aromatic carbocycles. The fraction of sp³-hybridized carbons (Fsp3) is 0.579. The van der Waals surface area contributed by atoms with Crippen LogP contribution in [0.4, 0.5) is 0 Å². The maximum atomic E-state index is 13.2. The summed E-state index contributed by atoms with van der Waals surface area (Å²) in [6.45, 7) is 8.53. The molecule has 1 amide bonds. The first kappa shape index (κ1) is 18.4. The largest absolute Gasteiger partial charge is 0.481 e. The van der Waals surface area contributed by atoms with Crippen molar-refractivity contribution in [1.82, 2.24) is 19.7 Å². The Kier molecular flexibility index (Phi) is 4.73. The number of amides is 1. The summed E-state index contributed by atoms with van der Waals surface area (Å²) in [5, 5.41) is 14.7. The topological polar surface area (TPSA) is 88.3 Å². The molecule has 0 bridgehead atoms. The molecule has 0 radical (unpaired) electrons. The molecule has 7 heteroatoms. The van der Waals surface area contributed by atoms with Gasteiger partial charge in [0.15, 0.2) is 5.65 Å². The van der Waals surface area contributed by atoms with Crippen LogP contribution < -0.4 is 0 Å². The second-order valence-corrected chi connectivity index (χ2v) is 7.59. The van der Waals surface area contributed by atoms with E-state index in [4.69, 9.17) is 0 Å². The lowest BCUT2D eigenvalue weighted by molar-refractivity contribution is -0.150. The Labute approximate surface area is 153 Å². The fourth-order valence-corrected chi connectivity index (χ4v) is 3.57. The van der Waals surface area contributed by atoms with Crippen LogP contribution in [0.2, 0.25) is 0 Å². The number of aryl methyl sites for hydroxylation is 1. The lowest BCUT2D eigenvalue weighted by Gasteiger charge is -2.37. The Morgan fingerprint density at radius 3 is 2.81 bits per heavy atom. The van der Waals surface area contributed by atoms with Gasteiger partial charge in [0.05, 0.1) is 28.6 Å². The number of likely N-dealkylation sites (tertiary alicyclic amines) is 1. The van der Waals surface area contributed by atoms with Crippen molar-refractivity contribution in [3.05, 3.63) is 23.5 Å². The Balaban J connectivity index is 2.01. The summed E-state index contributed by atoms with van der Waals surface area (Å²) in [5.41, 5.74) is 1.12. The second-order valence-electron chi connectivity index (χ2n) is 7.59. The van der Waals surface area contributed by atoms with Crippen LogP contribution in [0, 0.1) is 12.3 Å². The summed E-state index contributed by atoms with van der Waals surface area (Å²) < 4.78 is 1.86. The first-order valence-corrected chi connectivity index (χ1v) is 9.14. The van der Waals surface area contributed by atoms with E-state index in [1.165, 1.54) is 0 Å². The summed E-state index contributed by atoms with van der Waals surface area (Å²) >= 11 is 0. The number of hydrogen-bond donors (Lipinski definition) is 1. The van der Waals surface area contributed by atoms with Gasteiger partial charge < -0.3 is 10.0 Å². The zero-order valence-corrected chi connectivity index (χ0v) is 15.8. The SMILES string of the molecule is CCC(C)n1ncc2c(C(=O)N3CCCC(C)(C(=O)O)C3)cc(C)nc21. The molecule has 26 heavy (non-hydrogen) atoms. The minimum absolute atomic E-state index is 0.142. The fourth-order valence-electron chi connectivity index (χ4n) is 3.57. The third-order valence-electron chi connectivity index (χ3n) is 5.43. The van der Waals surface area contributed by atoms with Crippen LogP contribution in [0.15, 0.2) is 12.3 Å². The molecule has 2 atom stereocenters. The van der Waals surface area contributed by atoms with Crippen molar-refractivity contribution in [3.63, 3.8) is 0 Å². The molecule has 0 spiro atoms. The molecule has 1 fully saturated rings. The van der Waals surface area contributed by atoms with Crippen LogP contribution in [-0.2, 0) is 4.79 Å². The first-order chi connectivity index (χ1) is 12.3. The van der Waals surface area contributed by atoms with Crippen molar-refractivity contribution >= 4 is 22.9 Å². The number of fused-ring (bicyclic) bond motifs is 1. The number of carbonyl (C=O) groups is 2. The van der Waals surface area contributed by atoms with Gasteiger partial charge >= 0.3 is 5.97 Å². The molecule has 1 saturated heterocycles. The third kappa shape index (κ3) is 3.06. The van der Waals surface area contributed by atoms with E-state index in [-0.39, 0.29) is 18.5 Å². The lowest BCUT2D eigenvalue weighted by Crippen LogP contribution is -2.48. The number of aromatic nitrogens is 3. The molecule has 2 aromatic heterocycles. The summed E-state index contributed by atoms with van der Waals surface area (Å²) in [6, 6.07) is 1.97. The van der Waals surface area contributed by atoms with Crippen LogP contribution in [-0.4, -0.2) is 49.7 Å². The van der Waals surface area contributed by atoms with Crippen LogP contribution >= 0.6 is 0 Å². The van der Waals surface area contributed by atoms with Gasteiger partial charge in [-0.1, -0.05) is 6.92 Å². The second kappa shape index (κ2) is 6.70. The van der Waals surface area contributed by atoms with E-state index >= 15 is 0 Å². The molecule has 0 saturated carbocycles. The monoisotopic (exact) mass is 358 g/mol. The van der Waals surface area contributed by atoms with Crippen LogP contribution in [0.1, 0.15) is 62.1 Å². The van der Waals surface area contributed by atoms with E-state index in [1.54, 1.807) is 24.1 Å². The summed E-state index contributed by atoms with van der Waals surface area (Å²) in [4.78, 5) is 31.0. The molecule has 1 aliphatic rings. The van der Waals surface area contributed by atoms with Gasteiger partial charge in [-0.15, -0.1) is 0 Å². The minimum Gasteiger partial charge on any atom is -0.481 e. The minimum atomic E-state index is -0.893. The zero-order valence-electron chi connectivity index (χ0n) is 15.8. The number of piperidine rings is 1. The number of pyridine rings is 1. The Morgan fingerprint density at radius 1 is 1.42 bits per heavy atom. The zero-order chi connectivity index (χ0) is 19.1. The lowest BCUT2D eigenvalue weighted by atomic mass is 9.82. The van der Waals surface area contributed by atoms with Gasteiger partial charge in [0, 0.05) is 18.8 Å². The third-order valence-corrected chi connectivity index (χ3v) is 5.43. The van der Waals surface area contributed by atoms with Crippen molar-refractivity contribution in [2.75, 3.05) is 13.1 Å². The maximum Gasteiger partial charge on any atom is 0.311 e. The first-order valence-electron chi connectivity index (χ1n) is 9.14. The quantitative estimate of drug-likeness (QED) is 0.907. The van der Waals surface area contributed by atoms with Gasteiger partial charge in [-0.05, 0) is 46.1 Å². The number of rotatable bonds is 4. The van der Waals surface area contributed by atoms with Gasteiger partial charge in [0.2, 0.25) is 0 Å². The van der Waals surface area contributed by atoms with Crippen molar-refractivity contribution in [2.45, 2.75) is 53.0 Å². The Morgan fingerprint density at radius 2 is 2.15 bits per heavy atom. The Bertz CT molecular complexity index is 860. The highest BCUT2D eigenvalue weighted by molar-refractivity contribution is 6.05. The predicted molar refractivity (Wildman–Crippen MR) is 98.1 cm³/mol. The molecule has 2 unspecified atom stereocenters. The molecule has 1 N–H and O–H groups in total. The molecule has 2 aromatic rings. The number of carbonyl (C=O) groups excluding carboxylic acids is 1. The van der Waals surface area contributed by atoms with E-state index in [0.29, 0.717) is 30.6 Å². The number of carboxylic acids is 1. The average molecular weight is 358 g/mol. The molecule has 140 valence electrons. The van der Waals surface area contributed by atoms with Crippen LogP contribution in [0.5, 0.6) is 0 Å². The average Bonchev–Trinajstić information content (AvgIpc) is 3.03. The molecule has 1 aliphatic heterocycles. The number of nitrogens with zero attached hydrogens (tertiary/aromatic N) is 4. The van der Waals surface area contributed by atoms with Crippen molar-refractivity contribution in [2.24, 2.45) is 5.41 Å². The van der Waals surface area contributed by atoms with E-state index in [1.807, 2.05) is 11.6 Å². The number of carboxylic acid groups (broad SMARTS) is 1. The highest BCUT2D eigenvalue weighted by atomic mass is 16.4. The summed E-state index contributed by atoms with van der Waals surface area (Å²) in [7, 11) is 0. The van der Waals surface area contributed by atoms with E-state index in [9.17, 15) is 14.7 Å². The molecule has 3 rings (SSSR count). The molecular formula is C19H26N4O3. The molecule has 7 nitrogen and oxygen atoms in total. The van der Waals surface area contributed by atoms with Gasteiger partial charge in [-0.25, -0.2) is 9.67 Å². The van der Waals surface area contributed by atoms with Crippen molar-refractivity contribution in [3.8, 4) is 0 Å². The standard InChI is InChI=1S/C19H26N4O3/c1-5-13(3)23-16-15(10-20-23)14(9-12(2)21-16)17(24)22-8-6-7-19(4,11-22)18(25)26/h9-10,13H,5-8,11H2,1-4H3,(H,25,26). The maximum absolute atomic E-state index is 13.2. The number of hydrogen-bond acceptors (Lipinski definition) is 4. The van der Waals surface area contributed by atoms with E-state index in [0.717, 1.165) is 17.5 Å². The highest BCUT2D eigenvalue weighted by Crippen LogP contribution is 2.31. The van der Waals surface area contributed by atoms with E-state index in [2.05, 4.69) is 23.9 Å². The van der Waals surface area contributed by atoms with E-state index < -0.39 is 11.4 Å². The smallest absolute Gasteiger partial charge is 0.311 e.